The molecule has 9 nitrogen and oxygen atoms in total. The van der Waals surface area contributed by atoms with Gasteiger partial charge in [-0.1, -0.05) is 6.07 Å². The van der Waals surface area contributed by atoms with E-state index >= 15 is 0 Å². The molecule has 3 aromatic carbocycles. The number of carbonyl (C=O) groups is 1. The molecule has 0 N–H and O–H groups in total. The Labute approximate surface area is 226 Å². The van der Waals surface area contributed by atoms with E-state index in [0.717, 1.165) is 27.6 Å². The third kappa shape index (κ3) is 4.39. The van der Waals surface area contributed by atoms with Crippen molar-refractivity contribution < 1.29 is 38.0 Å². The Balaban J connectivity index is 1.68. The maximum absolute atomic E-state index is 13.1. The van der Waals surface area contributed by atoms with Gasteiger partial charge in [-0.05, 0) is 47.3 Å². The van der Waals surface area contributed by atoms with Gasteiger partial charge in [0.25, 0.3) is 0 Å². The lowest BCUT2D eigenvalue weighted by molar-refractivity contribution is 0.0452. The lowest BCUT2D eigenvalue weighted by Crippen LogP contribution is -2.08. The minimum Gasteiger partial charge on any atom is -0.493 e. The topological polar surface area (TPSA) is 94.6 Å². The highest BCUT2D eigenvalue weighted by Gasteiger charge is 2.38. The molecule has 0 spiro atoms. The number of hydrogen-bond donors (Lipinski definition) is 0. The number of cyclic esters (lactones) is 1. The van der Waals surface area contributed by atoms with Crippen LogP contribution in [0.15, 0.2) is 48.7 Å². The monoisotopic (exact) mass is 531 g/mol. The molecule has 0 unspecified atom stereocenters. The van der Waals surface area contributed by atoms with Gasteiger partial charge in [-0.3, -0.25) is 4.98 Å². The summed E-state index contributed by atoms with van der Waals surface area (Å²) in [4.78, 5) is 17.8. The molecule has 0 bridgehead atoms. The van der Waals surface area contributed by atoms with Gasteiger partial charge in [0.15, 0.2) is 40.6 Å². The van der Waals surface area contributed by atoms with Crippen LogP contribution < -0.4 is 28.4 Å². The van der Waals surface area contributed by atoms with Gasteiger partial charge in [0.05, 0.1) is 48.4 Å². The van der Waals surface area contributed by atoms with Gasteiger partial charge in [-0.2, -0.15) is 0 Å². The normalized spacial score (nSPS) is 14.0. The Kier molecular flexibility index (Phi) is 7.06. The highest BCUT2D eigenvalue weighted by Crippen LogP contribution is 2.47. The van der Waals surface area contributed by atoms with E-state index in [0.29, 0.717) is 52.0 Å². The summed E-state index contributed by atoms with van der Waals surface area (Å²) in [6, 6.07) is 13.1. The second-order valence-corrected chi connectivity index (χ2v) is 8.82. The minimum absolute atomic E-state index is 0.335. The van der Waals surface area contributed by atoms with E-state index in [1.165, 1.54) is 14.2 Å². The molecule has 0 saturated carbocycles. The molecule has 1 atom stereocenters. The summed E-state index contributed by atoms with van der Waals surface area (Å²) >= 11 is 0. The SMILES string of the molecule is COc1cc(Cc2nccc3cc(OC)c(OC)cc23)c([C@@H]2OC(=O)c3c2ccc(OC)c3OC)cc1OC. The summed E-state index contributed by atoms with van der Waals surface area (Å²) in [5.74, 6) is 2.59. The average Bonchev–Trinajstić information content (AvgIpc) is 3.31. The molecule has 0 amide bonds. The number of carbonyl (C=O) groups excluding carboxylic acids is 1. The van der Waals surface area contributed by atoms with Crippen LogP contribution in [0.2, 0.25) is 0 Å². The third-order valence-electron chi connectivity index (χ3n) is 6.93. The number of benzene rings is 3. The summed E-state index contributed by atoms with van der Waals surface area (Å²) in [5.41, 5.74) is 3.40. The van der Waals surface area contributed by atoms with E-state index < -0.39 is 12.1 Å². The van der Waals surface area contributed by atoms with Gasteiger partial charge in [-0.25, -0.2) is 4.79 Å². The lowest BCUT2D eigenvalue weighted by atomic mass is 9.91. The van der Waals surface area contributed by atoms with Crippen LogP contribution >= 0.6 is 0 Å². The fourth-order valence-electron chi connectivity index (χ4n) is 5.05. The van der Waals surface area contributed by atoms with Crippen molar-refractivity contribution in [1.82, 2.24) is 4.98 Å². The molecule has 1 aliphatic rings. The van der Waals surface area contributed by atoms with Crippen LogP contribution in [-0.4, -0.2) is 53.6 Å². The number of nitrogens with zero attached hydrogens (tertiary/aromatic N) is 1. The predicted molar refractivity (Wildman–Crippen MR) is 144 cm³/mol. The lowest BCUT2D eigenvalue weighted by Gasteiger charge is -2.20. The predicted octanol–water partition coefficient (Wildman–Crippen LogP) is 5.14. The van der Waals surface area contributed by atoms with E-state index in [2.05, 4.69) is 0 Å². The highest BCUT2D eigenvalue weighted by molar-refractivity contribution is 5.98. The van der Waals surface area contributed by atoms with Crippen molar-refractivity contribution in [2.45, 2.75) is 12.5 Å². The van der Waals surface area contributed by atoms with Crippen LogP contribution in [0.4, 0.5) is 0 Å². The van der Waals surface area contributed by atoms with Crippen molar-refractivity contribution in [3.8, 4) is 34.5 Å². The van der Waals surface area contributed by atoms with Crippen LogP contribution in [0, 0.1) is 0 Å². The number of hydrogen-bond acceptors (Lipinski definition) is 9. The first-order valence-corrected chi connectivity index (χ1v) is 12.2. The Morgan fingerprint density at radius 1 is 0.718 bits per heavy atom. The van der Waals surface area contributed by atoms with Crippen LogP contribution in [0.25, 0.3) is 10.8 Å². The van der Waals surface area contributed by atoms with Crippen molar-refractivity contribution >= 4 is 16.7 Å². The van der Waals surface area contributed by atoms with E-state index in [1.807, 2.05) is 36.4 Å². The molecule has 4 aromatic rings. The average molecular weight is 532 g/mol. The fourth-order valence-corrected chi connectivity index (χ4v) is 5.05. The fraction of sp³-hybridized carbons (Fsp3) is 0.267. The Morgan fingerprint density at radius 2 is 1.36 bits per heavy atom. The zero-order valence-corrected chi connectivity index (χ0v) is 22.6. The molecule has 39 heavy (non-hydrogen) atoms. The molecular formula is C30H29NO8. The van der Waals surface area contributed by atoms with Crippen molar-refractivity contribution in [2.24, 2.45) is 0 Å². The molecule has 2 heterocycles. The molecule has 0 radical (unpaired) electrons. The van der Waals surface area contributed by atoms with Crippen molar-refractivity contribution in [3.05, 3.63) is 76.6 Å². The number of pyridine rings is 1. The molecule has 9 heteroatoms. The van der Waals surface area contributed by atoms with E-state index in [1.54, 1.807) is 40.7 Å². The van der Waals surface area contributed by atoms with Gasteiger partial charge in [-0.15, -0.1) is 0 Å². The smallest absolute Gasteiger partial charge is 0.343 e. The zero-order valence-electron chi connectivity index (χ0n) is 22.6. The Morgan fingerprint density at radius 3 is 2.03 bits per heavy atom. The van der Waals surface area contributed by atoms with Crippen molar-refractivity contribution in [2.75, 3.05) is 42.7 Å². The summed E-state index contributed by atoms with van der Waals surface area (Å²) in [5, 5.41) is 1.86. The van der Waals surface area contributed by atoms with Crippen molar-refractivity contribution in [1.29, 1.82) is 0 Å². The van der Waals surface area contributed by atoms with Crippen LogP contribution in [-0.2, 0) is 11.2 Å². The summed E-state index contributed by atoms with van der Waals surface area (Å²) < 4.78 is 39.1. The van der Waals surface area contributed by atoms with Gasteiger partial charge in [0, 0.05) is 29.1 Å². The Bertz CT molecular complexity index is 1570. The van der Waals surface area contributed by atoms with E-state index in [9.17, 15) is 4.79 Å². The zero-order chi connectivity index (χ0) is 27.7. The summed E-state index contributed by atoms with van der Waals surface area (Å²) in [6.07, 6.45) is 1.47. The first-order chi connectivity index (χ1) is 19.0. The molecule has 0 aliphatic carbocycles. The number of rotatable bonds is 9. The first-order valence-electron chi connectivity index (χ1n) is 12.2. The second kappa shape index (κ2) is 10.6. The van der Waals surface area contributed by atoms with Crippen LogP contribution in [0.5, 0.6) is 34.5 Å². The molecule has 5 rings (SSSR count). The van der Waals surface area contributed by atoms with Gasteiger partial charge in [0.2, 0.25) is 0 Å². The molecule has 202 valence electrons. The maximum Gasteiger partial charge on any atom is 0.343 e. The number of ether oxygens (including phenoxy) is 7. The van der Waals surface area contributed by atoms with E-state index in [4.69, 9.17) is 38.1 Å². The highest BCUT2D eigenvalue weighted by atomic mass is 16.6. The number of aromatic nitrogens is 1. The Hall–Kier alpha value is -4.66. The van der Waals surface area contributed by atoms with E-state index in [-0.39, 0.29) is 0 Å². The molecular weight excluding hydrogens is 502 g/mol. The molecule has 1 aromatic heterocycles. The second-order valence-electron chi connectivity index (χ2n) is 8.82. The summed E-state index contributed by atoms with van der Waals surface area (Å²) in [6.45, 7) is 0. The van der Waals surface area contributed by atoms with Gasteiger partial charge in [0.1, 0.15) is 5.56 Å². The molecule has 1 aliphatic heterocycles. The van der Waals surface area contributed by atoms with Crippen LogP contribution in [0.3, 0.4) is 0 Å². The number of esters is 1. The molecule has 0 saturated heterocycles. The van der Waals surface area contributed by atoms with Crippen molar-refractivity contribution in [3.63, 3.8) is 0 Å². The third-order valence-corrected chi connectivity index (χ3v) is 6.93. The number of methoxy groups -OCH3 is 6. The van der Waals surface area contributed by atoms with Crippen LogP contribution in [0.1, 0.15) is 38.8 Å². The largest absolute Gasteiger partial charge is 0.493 e. The molecule has 0 fully saturated rings. The minimum atomic E-state index is -0.702. The quantitative estimate of drug-likeness (QED) is 0.272. The maximum atomic E-state index is 13.1. The number of fused-ring (bicyclic) bond motifs is 2. The van der Waals surface area contributed by atoms with Gasteiger partial charge < -0.3 is 33.2 Å². The first kappa shape index (κ1) is 26.0. The summed E-state index contributed by atoms with van der Waals surface area (Å²) in [7, 11) is 9.37. The van der Waals surface area contributed by atoms with Gasteiger partial charge >= 0.3 is 5.97 Å². The standard InChI is InChI=1S/C30H29NO8/c1-33-22-8-7-18-27(29(22)38-6)30(32)39-28(18)20-15-26(37-5)24(35-3)13-17(20)11-21-19-14-25(36-4)23(34-2)12-16(19)9-10-31-21/h7-10,12-15,28H,11H2,1-6H3/t28-/m1/s1.